The lowest BCUT2D eigenvalue weighted by atomic mass is 10.1. The van der Waals surface area contributed by atoms with Crippen molar-refractivity contribution in [1.82, 2.24) is 19.6 Å². The molecule has 0 unspecified atom stereocenters. The molecule has 3 aromatic heterocycles. The molecule has 0 saturated carbocycles. The quantitative estimate of drug-likeness (QED) is 0.540. The Morgan fingerprint density at radius 2 is 2.04 bits per heavy atom. The number of aromatic nitrogens is 4. The molecule has 0 aliphatic rings. The van der Waals surface area contributed by atoms with Crippen molar-refractivity contribution in [3.8, 4) is 0 Å². The highest BCUT2D eigenvalue weighted by Gasteiger charge is 2.33. The topological polar surface area (TPSA) is 102 Å². The van der Waals surface area contributed by atoms with Crippen LogP contribution in [-0.2, 0) is 6.18 Å². The van der Waals surface area contributed by atoms with Crippen molar-refractivity contribution < 1.29 is 22.4 Å². The molecule has 136 valence electrons. The number of nitrogens with zero attached hydrogens (tertiary/aromatic N) is 4. The second-order valence-electron chi connectivity index (χ2n) is 5.44. The van der Waals surface area contributed by atoms with Crippen molar-refractivity contribution >= 4 is 28.3 Å². The summed E-state index contributed by atoms with van der Waals surface area (Å²) in [4.78, 5) is 31.6. The van der Waals surface area contributed by atoms with E-state index in [9.17, 15) is 22.8 Å². The van der Waals surface area contributed by atoms with Crippen LogP contribution in [0.15, 0.2) is 51.9 Å². The molecule has 0 fully saturated rings. The third-order valence-electron chi connectivity index (χ3n) is 3.63. The van der Waals surface area contributed by atoms with Crippen molar-refractivity contribution in [1.29, 1.82) is 0 Å². The summed E-state index contributed by atoms with van der Waals surface area (Å²) in [5, 5.41) is 6.08. The van der Waals surface area contributed by atoms with E-state index in [2.05, 4.69) is 20.4 Å². The molecule has 3 heterocycles. The largest absolute Gasteiger partial charge is 0.423 e. The summed E-state index contributed by atoms with van der Waals surface area (Å²) in [5.41, 5.74) is -2.45. The predicted molar refractivity (Wildman–Crippen MR) is 86.2 cm³/mol. The third kappa shape index (κ3) is 3.10. The lowest BCUT2D eigenvalue weighted by Gasteiger charge is -2.10. The summed E-state index contributed by atoms with van der Waals surface area (Å²) in [5.74, 6) is -0.671. The van der Waals surface area contributed by atoms with Crippen LogP contribution in [-0.4, -0.2) is 25.5 Å². The fraction of sp³-hybridized carbons (Fsp3) is 0.0625. The first-order chi connectivity index (χ1) is 12.8. The van der Waals surface area contributed by atoms with Gasteiger partial charge in [0.2, 0.25) is 5.82 Å². The first-order valence-electron chi connectivity index (χ1n) is 7.45. The van der Waals surface area contributed by atoms with E-state index in [-0.39, 0.29) is 28.3 Å². The van der Waals surface area contributed by atoms with E-state index in [1.54, 1.807) is 12.3 Å². The molecule has 8 nitrogen and oxygen atoms in total. The number of hydrogen-bond donors (Lipinski definition) is 1. The van der Waals surface area contributed by atoms with Gasteiger partial charge in [-0.05, 0) is 18.2 Å². The zero-order valence-corrected chi connectivity index (χ0v) is 13.2. The lowest BCUT2D eigenvalue weighted by molar-refractivity contribution is -0.136. The minimum Gasteiger partial charge on any atom is -0.423 e. The standard InChI is InChI=1S/C16H8F3N5O3/c17-16(18,19)10-7-12(25)27-11-6-8(2-3-9(10)11)21-14(26)13-22-15-20-4-1-5-24(15)23-13/h1-7H,(H,21,26). The Bertz CT molecular complexity index is 1210. The van der Waals surface area contributed by atoms with E-state index >= 15 is 0 Å². The van der Waals surface area contributed by atoms with E-state index in [1.807, 2.05) is 0 Å². The maximum atomic E-state index is 13.1. The number of fused-ring (bicyclic) bond motifs is 2. The fourth-order valence-corrected chi connectivity index (χ4v) is 2.49. The number of rotatable bonds is 2. The Kier molecular flexibility index (Phi) is 3.65. The van der Waals surface area contributed by atoms with Gasteiger partial charge in [0, 0.05) is 35.6 Å². The van der Waals surface area contributed by atoms with Crippen molar-refractivity contribution in [2.75, 3.05) is 5.32 Å². The molecule has 0 aliphatic carbocycles. The average molecular weight is 375 g/mol. The van der Waals surface area contributed by atoms with Crippen LogP contribution in [0.25, 0.3) is 16.7 Å². The average Bonchev–Trinajstić information content (AvgIpc) is 3.04. The van der Waals surface area contributed by atoms with Gasteiger partial charge in [-0.1, -0.05) is 0 Å². The molecule has 11 heteroatoms. The molecule has 1 N–H and O–H groups in total. The Morgan fingerprint density at radius 1 is 1.22 bits per heavy atom. The number of carbonyl (C=O) groups is 1. The smallest absolute Gasteiger partial charge is 0.417 e. The number of amides is 1. The van der Waals surface area contributed by atoms with Crippen LogP contribution < -0.4 is 10.9 Å². The molecular weight excluding hydrogens is 367 g/mol. The monoisotopic (exact) mass is 375 g/mol. The zero-order valence-electron chi connectivity index (χ0n) is 13.2. The molecular formula is C16H8F3N5O3. The van der Waals surface area contributed by atoms with E-state index in [0.717, 1.165) is 12.1 Å². The molecule has 0 spiro atoms. The zero-order chi connectivity index (χ0) is 19.2. The van der Waals surface area contributed by atoms with Gasteiger partial charge in [0.15, 0.2) is 0 Å². The Labute approximate surface area is 147 Å². The molecule has 1 amide bonds. The van der Waals surface area contributed by atoms with Gasteiger partial charge in [0.25, 0.3) is 11.7 Å². The maximum absolute atomic E-state index is 13.1. The van der Waals surface area contributed by atoms with Gasteiger partial charge >= 0.3 is 11.8 Å². The fourth-order valence-electron chi connectivity index (χ4n) is 2.49. The number of benzene rings is 1. The van der Waals surface area contributed by atoms with Crippen LogP contribution in [0.4, 0.5) is 18.9 Å². The van der Waals surface area contributed by atoms with Gasteiger partial charge in [-0.25, -0.2) is 14.3 Å². The summed E-state index contributed by atoms with van der Waals surface area (Å²) in [6.07, 6.45) is -1.68. The van der Waals surface area contributed by atoms with E-state index in [4.69, 9.17) is 4.42 Å². The van der Waals surface area contributed by atoms with Gasteiger partial charge in [-0.3, -0.25) is 4.79 Å². The van der Waals surface area contributed by atoms with Crippen LogP contribution >= 0.6 is 0 Å². The van der Waals surface area contributed by atoms with Crippen LogP contribution in [0.1, 0.15) is 16.2 Å². The molecule has 0 saturated heterocycles. The summed E-state index contributed by atoms with van der Waals surface area (Å²) in [6, 6.07) is 5.47. The number of halogens is 3. The molecule has 1 aromatic carbocycles. The van der Waals surface area contributed by atoms with Gasteiger partial charge in [-0.2, -0.15) is 18.2 Å². The molecule has 4 rings (SSSR count). The molecule has 27 heavy (non-hydrogen) atoms. The van der Waals surface area contributed by atoms with Crippen LogP contribution in [0.5, 0.6) is 0 Å². The summed E-state index contributed by atoms with van der Waals surface area (Å²) in [7, 11) is 0. The lowest BCUT2D eigenvalue weighted by Crippen LogP contribution is -2.14. The first kappa shape index (κ1) is 16.7. The third-order valence-corrected chi connectivity index (χ3v) is 3.63. The highest BCUT2D eigenvalue weighted by Crippen LogP contribution is 2.34. The highest BCUT2D eigenvalue weighted by atomic mass is 19.4. The normalized spacial score (nSPS) is 11.8. The summed E-state index contributed by atoms with van der Waals surface area (Å²) < 4.78 is 45.3. The minimum atomic E-state index is -4.72. The van der Waals surface area contributed by atoms with Crippen LogP contribution in [0.3, 0.4) is 0 Å². The van der Waals surface area contributed by atoms with Crippen molar-refractivity contribution in [2.24, 2.45) is 0 Å². The molecule has 0 radical (unpaired) electrons. The summed E-state index contributed by atoms with van der Waals surface area (Å²) in [6.45, 7) is 0. The van der Waals surface area contributed by atoms with Crippen LogP contribution in [0.2, 0.25) is 0 Å². The number of carbonyl (C=O) groups excluding carboxylic acids is 1. The predicted octanol–water partition coefficient (Wildman–Crippen LogP) is 2.50. The minimum absolute atomic E-state index is 0.113. The van der Waals surface area contributed by atoms with Crippen molar-refractivity contribution in [3.63, 3.8) is 0 Å². The number of hydrogen-bond acceptors (Lipinski definition) is 6. The van der Waals surface area contributed by atoms with Gasteiger partial charge in [0.1, 0.15) is 5.58 Å². The van der Waals surface area contributed by atoms with Crippen molar-refractivity contribution in [3.05, 3.63) is 64.5 Å². The van der Waals surface area contributed by atoms with E-state index in [1.165, 1.54) is 16.8 Å². The van der Waals surface area contributed by atoms with Gasteiger partial charge in [-0.15, -0.1) is 5.10 Å². The second kappa shape index (κ2) is 5.90. The van der Waals surface area contributed by atoms with Crippen LogP contribution in [0, 0.1) is 0 Å². The second-order valence-corrected chi connectivity index (χ2v) is 5.44. The first-order valence-corrected chi connectivity index (χ1v) is 7.45. The SMILES string of the molecule is O=C(Nc1ccc2c(C(F)(F)F)cc(=O)oc2c1)c1nc2ncccn2n1. The number of anilines is 1. The molecule has 0 bridgehead atoms. The maximum Gasteiger partial charge on any atom is 0.417 e. The van der Waals surface area contributed by atoms with E-state index < -0.39 is 23.3 Å². The van der Waals surface area contributed by atoms with Crippen molar-refractivity contribution in [2.45, 2.75) is 6.18 Å². The molecule has 4 aromatic rings. The molecule has 0 aliphatic heterocycles. The Balaban J connectivity index is 1.70. The number of alkyl halides is 3. The Hall–Kier alpha value is -3.76. The Morgan fingerprint density at radius 3 is 2.78 bits per heavy atom. The molecule has 0 atom stereocenters. The highest BCUT2D eigenvalue weighted by molar-refractivity contribution is 6.02. The van der Waals surface area contributed by atoms with Gasteiger partial charge in [0.05, 0.1) is 5.56 Å². The number of nitrogens with one attached hydrogen (secondary N) is 1. The summed E-state index contributed by atoms with van der Waals surface area (Å²) >= 11 is 0. The van der Waals surface area contributed by atoms with E-state index in [0.29, 0.717) is 6.07 Å². The van der Waals surface area contributed by atoms with Gasteiger partial charge < -0.3 is 9.73 Å².